The van der Waals surface area contributed by atoms with E-state index in [1.54, 1.807) is 24.4 Å². The Balaban J connectivity index is 1.55. The van der Waals surface area contributed by atoms with Crippen LogP contribution in [0.2, 0.25) is 0 Å². The van der Waals surface area contributed by atoms with Crippen LogP contribution in [0, 0.1) is 5.82 Å². The minimum atomic E-state index is -0.362. The van der Waals surface area contributed by atoms with E-state index in [2.05, 4.69) is 45.9 Å². The molecule has 5 rings (SSSR count). The lowest BCUT2D eigenvalue weighted by Crippen LogP contribution is -2.43. The number of H-pyrrole nitrogens is 1. The average Bonchev–Trinajstić information content (AvgIpc) is 2.85. The number of nitrogens with one attached hydrogen (secondary N) is 2. The second-order valence-corrected chi connectivity index (χ2v) is 9.16. The minimum absolute atomic E-state index is 0.243. The Bertz CT molecular complexity index is 1420. The number of rotatable bonds is 5. The number of nitrogens with zero attached hydrogens (tertiary/aromatic N) is 3. The van der Waals surface area contributed by atoms with E-state index >= 15 is 0 Å². The van der Waals surface area contributed by atoms with Gasteiger partial charge < -0.3 is 19.9 Å². The van der Waals surface area contributed by atoms with Crippen molar-refractivity contribution in [3.63, 3.8) is 0 Å². The van der Waals surface area contributed by atoms with E-state index in [1.807, 2.05) is 24.4 Å². The zero-order valence-corrected chi connectivity index (χ0v) is 20.0. The van der Waals surface area contributed by atoms with E-state index in [0.717, 1.165) is 17.8 Å². The zero-order valence-electron chi connectivity index (χ0n) is 20.0. The molecule has 3 aromatic heterocycles. The number of aromatic amines is 1. The predicted octanol–water partition coefficient (Wildman–Crippen LogP) is 5.22. The average molecular weight is 474 g/mol. The summed E-state index contributed by atoms with van der Waals surface area (Å²) in [4.78, 5) is 26.9. The van der Waals surface area contributed by atoms with Crippen molar-refractivity contribution in [1.29, 1.82) is 0 Å². The molecule has 1 saturated heterocycles. The van der Waals surface area contributed by atoms with Gasteiger partial charge in [-0.05, 0) is 54.8 Å². The van der Waals surface area contributed by atoms with Crippen LogP contribution in [0.4, 0.5) is 21.6 Å². The van der Waals surface area contributed by atoms with Crippen LogP contribution in [0.25, 0.3) is 22.2 Å². The highest BCUT2D eigenvalue weighted by Gasteiger charge is 2.20. The number of fused-ring (bicyclic) bond motifs is 1. The summed E-state index contributed by atoms with van der Waals surface area (Å²) in [5, 5.41) is 3.65. The van der Waals surface area contributed by atoms with Crippen LogP contribution >= 0.6 is 0 Å². The molecular formula is C27H28FN5O2. The van der Waals surface area contributed by atoms with Gasteiger partial charge in [-0.1, -0.05) is 19.9 Å². The first-order valence-corrected chi connectivity index (χ1v) is 11.8. The number of ether oxygens (including phenoxy) is 1. The largest absolute Gasteiger partial charge is 0.377 e. The Kier molecular flexibility index (Phi) is 6.21. The number of aromatic nitrogens is 3. The van der Waals surface area contributed by atoms with Crippen LogP contribution in [0.1, 0.15) is 32.3 Å². The number of pyridine rings is 3. The van der Waals surface area contributed by atoms with Gasteiger partial charge >= 0.3 is 0 Å². The second-order valence-electron chi connectivity index (χ2n) is 9.16. The van der Waals surface area contributed by atoms with Crippen LogP contribution in [-0.2, 0) is 4.74 Å². The smallest absolute Gasteiger partial charge is 0.259 e. The third-order valence-electron chi connectivity index (χ3n) is 6.37. The summed E-state index contributed by atoms with van der Waals surface area (Å²) in [7, 11) is 0. The van der Waals surface area contributed by atoms with E-state index in [4.69, 9.17) is 4.74 Å². The first kappa shape index (κ1) is 23.0. The molecule has 0 aliphatic carbocycles. The van der Waals surface area contributed by atoms with Gasteiger partial charge in [0.2, 0.25) is 0 Å². The molecule has 1 aliphatic heterocycles. The van der Waals surface area contributed by atoms with Crippen LogP contribution in [-0.4, -0.2) is 40.8 Å². The van der Waals surface area contributed by atoms with E-state index in [0.29, 0.717) is 46.9 Å². The number of morpholine rings is 1. The lowest BCUT2D eigenvalue weighted by Gasteiger charge is -2.35. The van der Waals surface area contributed by atoms with Gasteiger partial charge in [-0.3, -0.25) is 4.79 Å². The topological polar surface area (TPSA) is 83.1 Å². The Morgan fingerprint density at radius 3 is 2.80 bits per heavy atom. The molecule has 4 heterocycles. The first-order valence-electron chi connectivity index (χ1n) is 11.8. The molecule has 0 amide bonds. The number of halogens is 1. The van der Waals surface area contributed by atoms with Crippen LogP contribution < -0.4 is 15.8 Å². The van der Waals surface area contributed by atoms with E-state index in [1.165, 1.54) is 6.07 Å². The Morgan fingerprint density at radius 2 is 2.06 bits per heavy atom. The van der Waals surface area contributed by atoms with Crippen molar-refractivity contribution in [2.24, 2.45) is 0 Å². The third-order valence-corrected chi connectivity index (χ3v) is 6.37. The molecule has 4 aromatic rings. The highest BCUT2D eigenvalue weighted by atomic mass is 19.1. The SMILES string of the molecule is CC(C)c1ccc(F)c(-c2cc(Nc3ccc(N4CCOCC4C)cn3)c3c(=O)[nH]ccc3n2)c1. The maximum Gasteiger partial charge on any atom is 0.259 e. The molecule has 2 N–H and O–H groups in total. The molecule has 8 heteroatoms. The standard InChI is InChI=1S/C27H28FN5O2/c1-16(2)18-4-6-21(28)20(12-18)23-13-24(26-22(31-23)8-9-29-27(26)34)32-25-7-5-19(14-30-25)33-10-11-35-15-17(33)3/h4-9,12-14,16-17H,10-11,15H2,1-3H3,(H,29,34)(H,30,31,32). The molecule has 1 atom stereocenters. The van der Waals surface area contributed by atoms with Crippen molar-refractivity contribution in [2.45, 2.75) is 32.7 Å². The number of hydrogen-bond donors (Lipinski definition) is 2. The van der Waals surface area contributed by atoms with Gasteiger partial charge in [-0.25, -0.2) is 14.4 Å². The highest BCUT2D eigenvalue weighted by Crippen LogP contribution is 2.32. The van der Waals surface area contributed by atoms with Gasteiger partial charge in [0.1, 0.15) is 11.6 Å². The van der Waals surface area contributed by atoms with Crippen molar-refractivity contribution in [1.82, 2.24) is 15.0 Å². The molecule has 1 aromatic carbocycles. The van der Waals surface area contributed by atoms with Crippen LogP contribution in [0.3, 0.4) is 0 Å². The molecule has 1 fully saturated rings. The summed E-state index contributed by atoms with van der Waals surface area (Å²) in [6.07, 6.45) is 3.35. The van der Waals surface area contributed by atoms with Crippen molar-refractivity contribution in [3.8, 4) is 11.3 Å². The summed E-state index contributed by atoms with van der Waals surface area (Å²) in [5.41, 5.74) is 3.58. The maximum atomic E-state index is 14.9. The van der Waals surface area contributed by atoms with Crippen molar-refractivity contribution >= 4 is 28.1 Å². The van der Waals surface area contributed by atoms with E-state index in [-0.39, 0.29) is 23.3 Å². The molecule has 35 heavy (non-hydrogen) atoms. The number of anilines is 3. The first-order chi connectivity index (χ1) is 16.9. The summed E-state index contributed by atoms with van der Waals surface area (Å²) in [5.74, 6) is 0.457. The Hall–Kier alpha value is -3.78. The van der Waals surface area contributed by atoms with Gasteiger partial charge in [0.15, 0.2) is 0 Å². The predicted molar refractivity (Wildman–Crippen MR) is 137 cm³/mol. The van der Waals surface area contributed by atoms with Gasteiger partial charge in [0.05, 0.1) is 47.4 Å². The van der Waals surface area contributed by atoms with E-state index in [9.17, 15) is 9.18 Å². The number of benzene rings is 1. The summed E-state index contributed by atoms with van der Waals surface area (Å²) in [6, 6.07) is 12.6. The highest BCUT2D eigenvalue weighted by molar-refractivity contribution is 5.94. The lowest BCUT2D eigenvalue weighted by molar-refractivity contribution is 0.0989. The molecule has 0 bridgehead atoms. The van der Waals surface area contributed by atoms with Gasteiger partial charge in [-0.2, -0.15) is 0 Å². The summed E-state index contributed by atoms with van der Waals surface area (Å²) >= 11 is 0. The Labute approximate surface area is 203 Å². The summed E-state index contributed by atoms with van der Waals surface area (Å²) < 4.78 is 20.4. The summed E-state index contributed by atoms with van der Waals surface area (Å²) in [6.45, 7) is 8.42. The van der Waals surface area contributed by atoms with Gasteiger partial charge in [0.25, 0.3) is 5.56 Å². The molecular weight excluding hydrogens is 445 g/mol. The quantitative estimate of drug-likeness (QED) is 0.414. The maximum absolute atomic E-state index is 14.9. The molecule has 0 spiro atoms. The minimum Gasteiger partial charge on any atom is -0.377 e. The fourth-order valence-electron chi connectivity index (χ4n) is 4.41. The lowest BCUT2D eigenvalue weighted by atomic mass is 9.98. The second kappa shape index (κ2) is 9.46. The molecule has 7 nitrogen and oxygen atoms in total. The zero-order chi connectivity index (χ0) is 24.5. The fraction of sp³-hybridized carbons (Fsp3) is 0.296. The van der Waals surface area contributed by atoms with Crippen molar-refractivity contribution in [2.75, 3.05) is 30.0 Å². The van der Waals surface area contributed by atoms with Gasteiger partial charge in [-0.15, -0.1) is 0 Å². The fourth-order valence-corrected chi connectivity index (χ4v) is 4.41. The normalized spacial score (nSPS) is 16.1. The number of hydrogen-bond acceptors (Lipinski definition) is 6. The molecule has 1 aliphatic rings. The third kappa shape index (κ3) is 4.61. The van der Waals surface area contributed by atoms with Crippen molar-refractivity contribution in [3.05, 3.63) is 76.6 Å². The molecule has 0 saturated carbocycles. The molecule has 0 radical (unpaired) electrons. The monoisotopic (exact) mass is 473 g/mol. The molecule has 180 valence electrons. The Morgan fingerprint density at radius 1 is 1.20 bits per heavy atom. The van der Waals surface area contributed by atoms with Crippen LogP contribution in [0.15, 0.2) is 59.7 Å². The van der Waals surface area contributed by atoms with Gasteiger partial charge in [0, 0.05) is 24.3 Å². The van der Waals surface area contributed by atoms with Crippen LogP contribution in [0.5, 0.6) is 0 Å². The van der Waals surface area contributed by atoms with Crippen molar-refractivity contribution < 1.29 is 9.13 Å². The molecule has 1 unspecified atom stereocenters. The van der Waals surface area contributed by atoms with E-state index < -0.39 is 0 Å².